The van der Waals surface area contributed by atoms with Gasteiger partial charge in [-0.2, -0.15) is 0 Å². The topological polar surface area (TPSA) is 32.3 Å². The smallest absolute Gasteiger partial charge is 0.253 e. The fraction of sp³-hybridized carbons (Fsp3) is 0.533. The summed E-state index contributed by atoms with van der Waals surface area (Å²) in [5.41, 5.74) is 1.19. The van der Waals surface area contributed by atoms with Crippen LogP contribution < -0.4 is 5.32 Å². The van der Waals surface area contributed by atoms with Crippen LogP contribution in [0.5, 0.6) is 0 Å². The van der Waals surface area contributed by atoms with E-state index in [2.05, 4.69) is 21.2 Å². The molecule has 0 atom stereocenters. The Morgan fingerprint density at radius 2 is 1.84 bits per heavy atom. The van der Waals surface area contributed by atoms with Crippen LogP contribution in [0.4, 0.5) is 0 Å². The molecule has 2 fully saturated rings. The van der Waals surface area contributed by atoms with Gasteiger partial charge in [0.1, 0.15) is 0 Å². The second kappa shape index (κ2) is 5.25. The number of rotatable bonds is 1. The number of hydrogen-bond acceptors (Lipinski definition) is 2. The summed E-state index contributed by atoms with van der Waals surface area (Å²) in [6, 6.07) is 7.67. The van der Waals surface area contributed by atoms with Crippen LogP contribution in [0.3, 0.4) is 0 Å². The molecular formula is C15H19BrN2O. The molecule has 2 saturated heterocycles. The summed E-state index contributed by atoms with van der Waals surface area (Å²) in [6.07, 6.45) is 3.57. The number of piperidine rings is 1. The van der Waals surface area contributed by atoms with Crippen molar-refractivity contribution in [2.75, 3.05) is 26.2 Å². The molecule has 0 aliphatic carbocycles. The predicted octanol–water partition coefficient (Wildman–Crippen LogP) is 2.66. The molecule has 0 saturated carbocycles. The van der Waals surface area contributed by atoms with Gasteiger partial charge in [-0.3, -0.25) is 4.79 Å². The summed E-state index contributed by atoms with van der Waals surface area (Å²) >= 11 is 3.40. The van der Waals surface area contributed by atoms with E-state index in [0.717, 1.165) is 42.6 Å². The third-order valence-corrected chi connectivity index (χ3v) is 5.01. The minimum absolute atomic E-state index is 0.183. The van der Waals surface area contributed by atoms with Gasteiger partial charge in [0.25, 0.3) is 5.91 Å². The number of amides is 1. The van der Waals surface area contributed by atoms with E-state index in [0.29, 0.717) is 5.41 Å². The summed E-state index contributed by atoms with van der Waals surface area (Å²) in [7, 11) is 0. The minimum atomic E-state index is 0.183. The monoisotopic (exact) mass is 322 g/mol. The van der Waals surface area contributed by atoms with Crippen molar-refractivity contribution in [2.45, 2.75) is 19.3 Å². The lowest BCUT2D eigenvalue weighted by Gasteiger charge is -2.33. The third-order valence-electron chi connectivity index (χ3n) is 4.48. The number of carbonyl (C=O) groups excluding carboxylic acids is 1. The van der Waals surface area contributed by atoms with E-state index in [1.165, 1.54) is 12.8 Å². The lowest BCUT2D eigenvalue weighted by atomic mass is 9.78. The van der Waals surface area contributed by atoms with Crippen LogP contribution in [-0.4, -0.2) is 37.0 Å². The fourth-order valence-electron chi connectivity index (χ4n) is 3.25. The Hall–Kier alpha value is -0.870. The first kappa shape index (κ1) is 13.1. The zero-order valence-corrected chi connectivity index (χ0v) is 12.6. The van der Waals surface area contributed by atoms with Crippen molar-refractivity contribution < 1.29 is 4.79 Å². The second-order valence-electron chi connectivity index (χ2n) is 5.73. The van der Waals surface area contributed by atoms with E-state index in [9.17, 15) is 4.79 Å². The summed E-state index contributed by atoms with van der Waals surface area (Å²) < 4.78 is 1.01. The summed E-state index contributed by atoms with van der Waals surface area (Å²) in [5.74, 6) is 0.183. The summed E-state index contributed by atoms with van der Waals surface area (Å²) in [5, 5.41) is 3.41. The van der Waals surface area contributed by atoms with Gasteiger partial charge in [-0.25, -0.2) is 0 Å². The van der Waals surface area contributed by atoms with Crippen LogP contribution in [0.15, 0.2) is 28.7 Å². The Morgan fingerprint density at radius 1 is 1.16 bits per heavy atom. The lowest BCUT2D eigenvalue weighted by molar-refractivity contribution is 0.0762. The molecule has 3 nitrogen and oxygen atoms in total. The third kappa shape index (κ3) is 2.70. The van der Waals surface area contributed by atoms with Crippen molar-refractivity contribution in [2.24, 2.45) is 5.41 Å². The van der Waals surface area contributed by atoms with E-state index in [-0.39, 0.29) is 5.91 Å². The van der Waals surface area contributed by atoms with Crippen molar-refractivity contribution in [3.05, 3.63) is 34.3 Å². The van der Waals surface area contributed by atoms with Gasteiger partial charge in [-0.05, 0) is 62.0 Å². The number of hydrogen-bond donors (Lipinski definition) is 1. The Balaban J connectivity index is 1.70. The maximum atomic E-state index is 12.5. The first-order chi connectivity index (χ1) is 9.19. The number of nitrogens with zero attached hydrogens (tertiary/aromatic N) is 1. The molecule has 2 aliphatic heterocycles. The van der Waals surface area contributed by atoms with Crippen molar-refractivity contribution in [1.82, 2.24) is 10.2 Å². The molecule has 4 heteroatoms. The largest absolute Gasteiger partial charge is 0.338 e. The molecule has 19 heavy (non-hydrogen) atoms. The first-order valence-electron chi connectivity index (χ1n) is 6.94. The maximum Gasteiger partial charge on any atom is 0.253 e. The number of halogens is 1. The standard InChI is InChI=1S/C15H19BrN2O/c16-13-3-1-12(2-4-13)14(19)18-10-7-15(11-18)5-8-17-9-6-15/h1-4,17H,5-11H2. The molecule has 0 radical (unpaired) electrons. The molecule has 0 bridgehead atoms. The summed E-state index contributed by atoms with van der Waals surface area (Å²) in [4.78, 5) is 14.5. The van der Waals surface area contributed by atoms with Crippen LogP contribution in [0.1, 0.15) is 29.6 Å². The number of carbonyl (C=O) groups is 1. The number of likely N-dealkylation sites (tertiary alicyclic amines) is 1. The Morgan fingerprint density at radius 3 is 2.53 bits per heavy atom. The van der Waals surface area contributed by atoms with E-state index in [1.54, 1.807) is 0 Å². The molecule has 102 valence electrons. The number of nitrogens with one attached hydrogen (secondary N) is 1. The van der Waals surface area contributed by atoms with Crippen molar-refractivity contribution in [3.8, 4) is 0 Å². The van der Waals surface area contributed by atoms with E-state index >= 15 is 0 Å². The molecule has 1 N–H and O–H groups in total. The van der Waals surface area contributed by atoms with Gasteiger partial charge in [0, 0.05) is 23.1 Å². The fourth-order valence-corrected chi connectivity index (χ4v) is 3.51. The van der Waals surface area contributed by atoms with Gasteiger partial charge in [-0.1, -0.05) is 15.9 Å². The van der Waals surface area contributed by atoms with Crippen LogP contribution in [0.25, 0.3) is 0 Å². The van der Waals surface area contributed by atoms with E-state index < -0.39 is 0 Å². The Bertz CT molecular complexity index is 466. The maximum absolute atomic E-state index is 12.5. The van der Waals surface area contributed by atoms with E-state index in [4.69, 9.17) is 0 Å². The highest BCUT2D eigenvalue weighted by Crippen LogP contribution is 2.38. The average molecular weight is 323 g/mol. The predicted molar refractivity (Wildman–Crippen MR) is 79.2 cm³/mol. The zero-order chi connectivity index (χ0) is 13.3. The molecule has 2 aliphatic rings. The Kier molecular flexibility index (Phi) is 3.63. The van der Waals surface area contributed by atoms with Crippen LogP contribution in [0, 0.1) is 5.41 Å². The van der Waals surface area contributed by atoms with Gasteiger partial charge >= 0.3 is 0 Å². The summed E-state index contributed by atoms with van der Waals surface area (Å²) in [6.45, 7) is 4.04. The van der Waals surface area contributed by atoms with Gasteiger partial charge in [-0.15, -0.1) is 0 Å². The molecule has 2 heterocycles. The van der Waals surface area contributed by atoms with Crippen LogP contribution in [-0.2, 0) is 0 Å². The van der Waals surface area contributed by atoms with Gasteiger partial charge in [0.05, 0.1) is 0 Å². The zero-order valence-electron chi connectivity index (χ0n) is 11.0. The number of benzene rings is 1. The highest BCUT2D eigenvalue weighted by atomic mass is 79.9. The molecule has 1 amide bonds. The molecule has 1 aromatic rings. The normalized spacial score (nSPS) is 21.8. The van der Waals surface area contributed by atoms with Gasteiger partial charge in [0.15, 0.2) is 0 Å². The van der Waals surface area contributed by atoms with Gasteiger partial charge in [0.2, 0.25) is 0 Å². The van der Waals surface area contributed by atoms with Crippen LogP contribution in [0.2, 0.25) is 0 Å². The lowest BCUT2D eigenvalue weighted by Crippen LogP contribution is -2.39. The Labute approximate surface area is 122 Å². The van der Waals surface area contributed by atoms with Crippen molar-refractivity contribution in [1.29, 1.82) is 0 Å². The average Bonchev–Trinajstić information content (AvgIpc) is 2.83. The van der Waals surface area contributed by atoms with Crippen LogP contribution >= 0.6 is 15.9 Å². The molecule has 0 aromatic heterocycles. The minimum Gasteiger partial charge on any atom is -0.338 e. The van der Waals surface area contributed by atoms with Gasteiger partial charge < -0.3 is 10.2 Å². The van der Waals surface area contributed by atoms with Crippen molar-refractivity contribution >= 4 is 21.8 Å². The molecule has 3 rings (SSSR count). The molecule has 1 aromatic carbocycles. The van der Waals surface area contributed by atoms with E-state index in [1.807, 2.05) is 29.2 Å². The highest BCUT2D eigenvalue weighted by Gasteiger charge is 2.40. The molecule has 1 spiro atoms. The highest BCUT2D eigenvalue weighted by molar-refractivity contribution is 9.10. The first-order valence-corrected chi connectivity index (χ1v) is 7.73. The van der Waals surface area contributed by atoms with Crippen molar-refractivity contribution in [3.63, 3.8) is 0 Å². The molecular weight excluding hydrogens is 304 g/mol. The SMILES string of the molecule is O=C(c1ccc(Br)cc1)N1CCC2(CCNCC2)C1. The quantitative estimate of drug-likeness (QED) is 0.862. The second-order valence-corrected chi connectivity index (χ2v) is 6.65. The molecule has 0 unspecified atom stereocenters.